The molecule has 1 aliphatic carbocycles. The largest absolute Gasteiger partial charge is 0.477 e. The predicted molar refractivity (Wildman–Crippen MR) is 77.0 cm³/mol. The molecule has 3 N–H and O–H groups in total. The molecule has 0 saturated heterocycles. The van der Waals surface area contributed by atoms with Crippen LogP contribution in [0.4, 0.5) is 18.9 Å². The molecule has 2 aromatic rings. The number of aromatic carboxylic acids is 1. The monoisotopic (exact) mass is 326 g/mol. The average Bonchev–Trinajstić information content (AvgIpc) is 3.04. The van der Waals surface area contributed by atoms with Crippen LogP contribution in [-0.4, -0.2) is 15.6 Å². The molecule has 0 aliphatic heterocycles. The number of pyridine rings is 1. The first-order chi connectivity index (χ1) is 10.8. The third-order valence-corrected chi connectivity index (χ3v) is 4.28. The smallest absolute Gasteiger partial charge is 0.341 e. The standard InChI is InChI=1S/C15H13F3N2O3/c16-9-10(17)12(19)8-13(11(9)18)20(6-3-1-2-4-6)5-7(14(8)21)15(22)23/h5-6H,1-4,19H2,(H,22,23). The average molecular weight is 326 g/mol. The number of carboxylic acid groups (broad SMARTS) is 1. The van der Waals surface area contributed by atoms with Crippen LogP contribution < -0.4 is 11.2 Å². The van der Waals surface area contributed by atoms with Crippen LogP contribution in [0.25, 0.3) is 10.9 Å². The van der Waals surface area contributed by atoms with E-state index in [1.807, 2.05) is 0 Å². The van der Waals surface area contributed by atoms with E-state index in [2.05, 4.69) is 0 Å². The molecule has 0 unspecified atom stereocenters. The van der Waals surface area contributed by atoms with Crippen LogP contribution in [0.15, 0.2) is 11.0 Å². The number of hydrogen-bond donors (Lipinski definition) is 2. The number of nitrogen functional groups attached to an aromatic ring is 1. The van der Waals surface area contributed by atoms with Crippen molar-refractivity contribution in [2.24, 2.45) is 0 Å². The molecule has 0 amide bonds. The molecular weight excluding hydrogens is 313 g/mol. The van der Waals surface area contributed by atoms with Gasteiger partial charge in [-0.25, -0.2) is 18.0 Å². The maximum Gasteiger partial charge on any atom is 0.341 e. The van der Waals surface area contributed by atoms with Crippen molar-refractivity contribution >= 4 is 22.6 Å². The molecule has 1 heterocycles. The minimum Gasteiger partial charge on any atom is -0.477 e. The highest BCUT2D eigenvalue weighted by Crippen LogP contribution is 2.35. The molecule has 8 heteroatoms. The van der Waals surface area contributed by atoms with Gasteiger partial charge in [-0.1, -0.05) is 12.8 Å². The van der Waals surface area contributed by atoms with Gasteiger partial charge in [-0.05, 0) is 12.8 Å². The fourth-order valence-corrected chi connectivity index (χ4v) is 3.16. The molecule has 1 saturated carbocycles. The second-order valence-electron chi connectivity index (χ2n) is 5.60. The summed E-state index contributed by atoms with van der Waals surface area (Å²) in [5.74, 6) is -6.53. The van der Waals surface area contributed by atoms with Crippen LogP contribution in [0, 0.1) is 17.5 Å². The Bertz CT molecular complexity index is 886. The molecule has 1 aliphatic rings. The highest BCUT2D eigenvalue weighted by Gasteiger charge is 2.28. The first kappa shape index (κ1) is 15.4. The van der Waals surface area contributed by atoms with E-state index in [4.69, 9.17) is 10.8 Å². The first-order valence-electron chi connectivity index (χ1n) is 7.08. The summed E-state index contributed by atoms with van der Waals surface area (Å²) >= 11 is 0. The number of carboxylic acids is 1. The molecular formula is C15H13F3N2O3. The summed E-state index contributed by atoms with van der Waals surface area (Å²) in [7, 11) is 0. The number of benzene rings is 1. The lowest BCUT2D eigenvalue weighted by molar-refractivity contribution is 0.0694. The van der Waals surface area contributed by atoms with Crippen molar-refractivity contribution in [1.29, 1.82) is 0 Å². The zero-order chi connectivity index (χ0) is 16.9. The van der Waals surface area contributed by atoms with E-state index in [1.165, 1.54) is 4.57 Å². The molecule has 3 rings (SSSR count). The molecule has 5 nitrogen and oxygen atoms in total. The maximum absolute atomic E-state index is 14.3. The predicted octanol–water partition coefficient (Wildman–Crippen LogP) is 2.81. The van der Waals surface area contributed by atoms with Crippen molar-refractivity contribution in [2.45, 2.75) is 31.7 Å². The molecule has 0 radical (unpaired) electrons. The summed E-state index contributed by atoms with van der Waals surface area (Å²) in [5.41, 5.74) is 2.30. The minimum absolute atomic E-state index is 0.296. The summed E-state index contributed by atoms with van der Waals surface area (Å²) in [6.45, 7) is 0. The lowest BCUT2D eigenvalue weighted by atomic mass is 10.1. The topological polar surface area (TPSA) is 85.3 Å². The number of halogens is 3. The number of aromatic nitrogens is 1. The van der Waals surface area contributed by atoms with Gasteiger partial charge in [0.05, 0.1) is 16.6 Å². The van der Waals surface area contributed by atoms with Crippen molar-refractivity contribution in [3.63, 3.8) is 0 Å². The normalized spacial score (nSPS) is 15.4. The minimum atomic E-state index is -1.77. The third kappa shape index (κ3) is 2.16. The van der Waals surface area contributed by atoms with Crippen LogP contribution in [-0.2, 0) is 0 Å². The van der Waals surface area contributed by atoms with Gasteiger partial charge in [-0.3, -0.25) is 4.79 Å². The van der Waals surface area contributed by atoms with Crippen molar-refractivity contribution in [3.8, 4) is 0 Å². The zero-order valence-electron chi connectivity index (χ0n) is 11.9. The Hall–Kier alpha value is -2.51. The molecule has 1 fully saturated rings. The number of anilines is 1. The van der Waals surface area contributed by atoms with Crippen LogP contribution in [0.3, 0.4) is 0 Å². The summed E-state index contributed by atoms with van der Waals surface area (Å²) in [4.78, 5) is 23.5. The Morgan fingerprint density at radius 1 is 1.17 bits per heavy atom. The van der Waals surface area contributed by atoms with Gasteiger partial charge in [0, 0.05) is 12.2 Å². The van der Waals surface area contributed by atoms with Gasteiger partial charge in [0.1, 0.15) is 5.56 Å². The number of rotatable bonds is 2. The Kier molecular flexibility index (Phi) is 3.54. The van der Waals surface area contributed by atoms with Gasteiger partial charge in [0.25, 0.3) is 0 Å². The molecule has 1 aromatic heterocycles. The fourth-order valence-electron chi connectivity index (χ4n) is 3.16. The van der Waals surface area contributed by atoms with Gasteiger partial charge >= 0.3 is 5.97 Å². The molecule has 122 valence electrons. The fraction of sp³-hybridized carbons (Fsp3) is 0.333. The molecule has 1 aromatic carbocycles. The van der Waals surface area contributed by atoms with E-state index in [0.717, 1.165) is 19.0 Å². The van der Waals surface area contributed by atoms with Crippen molar-refractivity contribution < 1.29 is 23.1 Å². The lowest BCUT2D eigenvalue weighted by Gasteiger charge is -2.20. The van der Waals surface area contributed by atoms with Gasteiger partial charge in [-0.15, -0.1) is 0 Å². The lowest BCUT2D eigenvalue weighted by Crippen LogP contribution is -2.23. The molecule has 0 atom stereocenters. The molecule has 0 bridgehead atoms. The van der Waals surface area contributed by atoms with E-state index >= 15 is 0 Å². The Balaban J connectivity index is 2.53. The van der Waals surface area contributed by atoms with Crippen LogP contribution in [0.5, 0.6) is 0 Å². The highest BCUT2D eigenvalue weighted by atomic mass is 19.2. The van der Waals surface area contributed by atoms with E-state index in [1.54, 1.807) is 0 Å². The maximum atomic E-state index is 14.3. The number of carbonyl (C=O) groups is 1. The summed E-state index contributed by atoms with van der Waals surface area (Å²) in [6.07, 6.45) is 3.90. The van der Waals surface area contributed by atoms with E-state index in [-0.39, 0.29) is 6.04 Å². The number of hydrogen-bond acceptors (Lipinski definition) is 3. The Labute approximate surface area is 128 Å². The molecule has 23 heavy (non-hydrogen) atoms. The quantitative estimate of drug-likeness (QED) is 0.656. The summed E-state index contributed by atoms with van der Waals surface area (Å²) in [5, 5.41) is 8.53. The number of nitrogens with two attached hydrogens (primary N) is 1. The number of nitrogens with zero attached hydrogens (tertiary/aromatic N) is 1. The van der Waals surface area contributed by atoms with Gasteiger partial charge in [0.15, 0.2) is 17.5 Å². The summed E-state index contributed by atoms with van der Waals surface area (Å²) in [6, 6.07) is -0.296. The molecule has 0 spiro atoms. The first-order valence-corrected chi connectivity index (χ1v) is 7.08. The van der Waals surface area contributed by atoms with Gasteiger partial charge < -0.3 is 15.4 Å². The van der Waals surface area contributed by atoms with Gasteiger partial charge in [0.2, 0.25) is 5.43 Å². The van der Waals surface area contributed by atoms with E-state index < -0.39 is 51.0 Å². The SMILES string of the molecule is Nc1c(F)c(F)c(F)c2c1c(=O)c(C(=O)O)cn2C1CCCC1. The van der Waals surface area contributed by atoms with E-state index in [0.29, 0.717) is 12.8 Å². The van der Waals surface area contributed by atoms with E-state index in [9.17, 15) is 22.8 Å². The second-order valence-corrected chi connectivity index (χ2v) is 5.60. The highest BCUT2D eigenvalue weighted by molar-refractivity contribution is 5.97. The number of fused-ring (bicyclic) bond motifs is 1. The summed E-state index contributed by atoms with van der Waals surface area (Å²) < 4.78 is 42.9. The van der Waals surface area contributed by atoms with Gasteiger partial charge in [-0.2, -0.15) is 0 Å². The Morgan fingerprint density at radius 2 is 1.78 bits per heavy atom. The second kappa shape index (κ2) is 5.29. The van der Waals surface area contributed by atoms with Crippen molar-refractivity contribution in [3.05, 3.63) is 39.4 Å². The van der Waals surface area contributed by atoms with Crippen LogP contribution in [0.2, 0.25) is 0 Å². The Morgan fingerprint density at radius 3 is 2.35 bits per heavy atom. The zero-order valence-corrected chi connectivity index (χ0v) is 11.9. The third-order valence-electron chi connectivity index (χ3n) is 4.28. The van der Waals surface area contributed by atoms with Crippen molar-refractivity contribution in [2.75, 3.05) is 5.73 Å². The van der Waals surface area contributed by atoms with Crippen molar-refractivity contribution in [1.82, 2.24) is 4.57 Å². The van der Waals surface area contributed by atoms with Crippen LogP contribution in [0.1, 0.15) is 42.1 Å². The van der Waals surface area contributed by atoms with Crippen LogP contribution >= 0.6 is 0 Å².